The first kappa shape index (κ1) is 22.4. The molecule has 21 heavy (non-hydrogen) atoms. The van der Waals surface area contributed by atoms with Gasteiger partial charge in [-0.3, -0.25) is 0 Å². The Morgan fingerprint density at radius 3 is 1.48 bits per heavy atom. The maximum atomic E-state index is 7.17. The summed E-state index contributed by atoms with van der Waals surface area (Å²) in [5, 5.41) is 5.08. The van der Waals surface area contributed by atoms with Crippen molar-refractivity contribution in [1.29, 1.82) is 0 Å². The van der Waals surface area contributed by atoms with Crippen molar-refractivity contribution in [1.82, 2.24) is 0 Å². The van der Waals surface area contributed by atoms with Crippen molar-refractivity contribution in [3.63, 3.8) is 0 Å². The molecule has 0 saturated carbocycles. The molecule has 0 aromatic carbocycles. The van der Waals surface area contributed by atoms with Crippen molar-refractivity contribution < 1.29 is 35.9 Å². The van der Waals surface area contributed by atoms with Crippen molar-refractivity contribution in [3.8, 4) is 0 Å². The molecule has 0 aliphatic rings. The van der Waals surface area contributed by atoms with Crippen LogP contribution in [0, 0.1) is 0 Å². The first-order valence-electron chi connectivity index (χ1n) is 9.65. The van der Waals surface area contributed by atoms with Gasteiger partial charge >= 0.3 is 144 Å². The first-order valence-corrected chi connectivity index (χ1v) is 18.5. The molecule has 0 aromatic heterocycles. The van der Waals surface area contributed by atoms with E-state index in [4.69, 9.17) is 1.90 Å². The average molecular weight is 370 g/mol. The van der Waals surface area contributed by atoms with Gasteiger partial charge in [0.15, 0.2) is 0 Å². The van der Waals surface area contributed by atoms with E-state index in [1.807, 2.05) is 0 Å². The van der Waals surface area contributed by atoms with E-state index < -0.39 is 34.0 Å². The summed E-state index contributed by atoms with van der Waals surface area (Å²) >= 11 is -3.99. The van der Waals surface area contributed by atoms with Crippen LogP contribution in [0.1, 0.15) is 79.1 Å². The Kier molecular flexibility index (Phi) is 13.6. The van der Waals surface area contributed by atoms with E-state index in [-0.39, 0.29) is 0 Å². The molecule has 0 aliphatic carbocycles. The summed E-state index contributed by atoms with van der Waals surface area (Å²) in [4.78, 5) is 0. The van der Waals surface area contributed by atoms with E-state index in [9.17, 15) is 0 Å². The summed E-state index contributed by atoms with van der Waals surface area (Å²) in [5.41, 5.74) is 0. The van der Waals surface area contributed by atoms with Gasteiger partial charge in [-0.05, 0) is 0 Å². The molecule has 0 aliphatic heterocycles. The van der Waals surface area contributed by atoms with E-state index in [0.717, 1.165) is 0 Å². The Morgan fingerprint density at radius 2 is 1.05 bits per heavy atom. The molecule has 0 bridgehead atoms. The molecule has 0 heterocycles. The molecule has 0 radical (unpaired) electrons. The van der Waals surface area contributed by atoms with Crippen LogP contribution in [0.5, 0.6) is 0 Å². The third kappa shape index (κ3) is 10.7. The second-order valence-corrected chi connectivity index (χ2v) is 21.4. The van der Waals surface area contributed by atoms with Gasteiger partial charge in [-0.25, -0.2) is 0 Å². The van der Waals surface area contributed by atoms with Gasteiger partial charge in [0, 0.05) is 0 Å². The minimum absolute atomic E-state index is 1.34. The van der Waals surface area contributed by atoms with E-state index in [1.54, 1.807) is 0 Å². The fraction of sp³-hybridized carbons (Fsp3) is 1.00. The molecule has 3 heteroatoms. The average Bonchev–Trinajstić information content (AvgIpc) is 2.39. The van der Waals surface area contributed by atoms with E-state index in [0.29, 0.717) is 0 Å². The number of hydrogen-bond acceptors (Lipinski definition) is 1. The molecule has 0 aromatic rings. The van der Waals surface area contributed by atoms with E-state index >= 15 is 0 Å². The summed E-state index contributed by atoms with van der Waals surface area (Å²) in [6.45, 7) is 9.37. The normalized spacial score (nSPS) is 12.9. The topological polar surface area (TPSA) is 9.23 Å². The molecule has 0 spiro atoms. The molecule has 0 atom stereocenters. The van der Waals surface area contributed by atoms with Crippen LogP contribution in [0.4, 0.5) is 0 Å². The van der Waals surface area contributed by atoms with Gasteiger partial charge in [0.1, 0.15) is 0 Å². The van der Waals surface area contributed by atoms with Gasteiger partial charge in [-0.15, -0.1) is 0 Å². The summed E-state index contributed by atoms with van der Waals surface area (Å²) in [6.07, 6.45) is 11.0. The molecule has 128 valence electrons. The molecular formula is C18H42OTi2. The third-order valence-electron chi connectivity index (χ3n) is 4.52. The predicted molar refractivity (Wildman–Crippen MR) is 91.7 cm³/mol. The van der Waals surface area contributed by atoms with Gasteiger partial charge < -0.3 is 0 Å². The van der Waals surface area contributed by atoms with Gasteiger partial charge in [-0.2, -0.15) is 0 Å². The maximum absolute atomic E-state index is 7.17. The molecule has 0 fully saturated rings. The molecule has 1 nitrogen and oxygen atoms in total. The van der Waals surface area contributed by atoms with Gasteiger partial charge in [0.05, 0.1) is 0 Å². The third-order valence-corrected chi connectivity index (χ3v) is 21.2. The first-order chi connectivity index (χ1) is 9.95. The van der Waals surface area contributed by atoms with Crippen LogP contribution in [-0.2, 0) is 35.9 Å². The Bertz CT molecular complexity index is 235. The molecular weight excluding hydrogens is 328 g/mol. The Balaban J connectivity index is 4.73. The monoisotopic (exact) mass is 370 g/mol. The van der Waals surface area contributed by atoms with Crippen LogP contribution in [0.25, 0.3) is 0 Å². The van der Waals surface area contributed by atoms with Gasteiger partial charge in [-0.1, -0.05) is 0 Å². The molecule has 0 saturated heterocycles. The van der Waals surface area contributed by atoms with Crippen molar-refractivity contribution in [2.24, 2.45) is 0 Å². The second kappa shape index (κ2) is 12.8. The van der Waals surface area contributed by atoms with Crippen molar-refractivity contribution in [2.75, 3.05) is 0 Å². The zero-order valence-electron chi connectivity index (χ0n) is 15.9. The van der Waals surface area contributed by atoms with Crippen LogP contribution < -0.4 is 0 Å². The molecule has 0 unspecified atom stereocenters. The summed E-state index contributed by atoms with van der Waals surface area (Å²) in [7, 11) is 0. The number of hydrogen-bond donors (Lipinski definition) is 0. The SMILES string of the molecule is CCCC[CH2][Ti]([CH3])([CH3])[O][Ti]([CH2]CC)([CH2]CC)[CH2]CCCC. The van der Waals surface area contributed by atoms with Crippen molar-refractivity contribution in [3.05, 3.63) is 0 Å². The van der Waals surface area contributed by atoms with E-state index in [1.165, 1.54) is 70.3 Å². The molecule has 0 rings (SSSR count). The van der Waals surface area contributed by atoms with Gasteiger partial charge in [0.2, 0.25) is 0 Å². The standard InChI is InChI=1S/2C5H11.2C3H7.2CH3.O.2Ti/c2*1-3-5-4-2;2*1-3-2;;;;;/h2*1,3-5H2,2H3;2*1,3H2,2H3;2*1H3;;;. The fourth-order valence-electron chi connectivity index (χ4n) is 3.57. The van der Waals surface area contributed by atoms with Crippen LogP contribution in [0.15, 0.2) is 0 Å². The number of unbranched alkanes of at least 4 members (excludes halogenated alkanes) is 4. The predicted octanol–water partition coefficient (Wildman–Crippen LogP) is 8.11. The van der Waals surface area contributed by atoms with Crippen LogP contribution in [0.3, 0.4) is 0 Å². The summed E-state index contributed by atoms with van der Waals surface area (Å²) in [6, 6.07) is 0. The Hall–Kier alpha value is 1.39. The van der Waals surface area contributed by atoms with Gasteiger partial charge in [0.25, 0.3) is 0 Å². The van der Waals surface area contributed by atoms with Crippen LogP contribution in [0.2, 0.25) is 29.4 Å². The molecule has 0 N–H and O–H groups in total. The van der Waals surface area contributed by atoms with Crippen molar-refractivity contribution >= 4 is 0 Å². The zero-order chi connectivity index (χ0) is 16.2. The molecule has 0 amide bonds. The summed E-state index contributed by atoms with van der Waals surface area (Å²) < 4.78 is 13.0. The zero-order valence-corrected chi connectivity index (χ0v) is 19.0. The van der Waals surface area contributed by atoms with Crippen LogP contribution >= 0.6 is 0 Å². The number of rotatable bonds is 14. The second-order valence-electron chi connectivity index (χ2n) is 7.46. The fourth-order valence-corrected chi connectivity index (χ4v) is 23.4. The Labute approximate surface area is 143 Å². The quantitative estimate of drug-likeness (QED) is 0.222. The minimum atomic E-state index is -2.03. The van der Waals surface area contributed by atoms with Crippen molar-refractivity contribution in [2.45, 2.75) is 108 Å². The Morgan fingerprint density at radius 1 is 0.571 bits per heavy atom. The summed E-state index contributed by atoms with van der Waals surface area (Å²) in [5.74, 6) is 0. The van der Waals surface area contributed by atoms with E-state index in [2.05, 4.69) is 38.2 Å². The van der Waals surface area contributed by atoms with Crippen LogP contribution in [-0.4, -0.2) is 0 Å².